The van der Waals surface area contributed by atoms with Crippen LogP contribution in [0.4, 0.5) is 14.0 Å². The largest absolute Gasteiger partial charge is 0.444 e. The molecule has 3 heterocycles. The molecule has 14 nitrogen and oxygen atoms in total. The monoisotopic (exact) mass is 747 g/mol. The molecule has 1 aromatic rings. The molecule has 286 valence electrons. The molecular formula is C36H50FN5O9S. The average Bonchev–Trinajstić information content (AvgIpc) is 3.99. The molecule has 3 N–H and O–H groups in total. The number of alkyl carbamates (subject to hydrolysis) is 1. The van der Waals surface area contributed by atoms with E-state index in [0.29, 0.717) is 45.1 Å². The van der Waals surface area contributed by atoms with Crippen molar-refractivity contribution < 1.29 is 46.3 Å². The van der Waals surface area contributed by atoms with Crippen molar-refractivity contribution in [1.82, 2.24) is 25.3 Å². The highest BCUT2D eigenvalue weighted by molar-refractivity contribution is 7.90. The summed E-state index contributed by atoms with van der Waals surface area (Å²) in [7, 11) is -3.63. The number of nitrogens with zero attached hydrogens (tertiary/aromatic N) is 2. The number of hydrogen-bond donors (Lipinski definition) is 3. The number of ether oxygens (including phenoxy) is 2. The number of sulfonamides is 1. The van der Waals surface area contributed by atoms with Gasteiger partial charge in [-0.2, -0.15) is 0 Å². The lowest BCUT2D eigenvalue weighted by atomic mass is 10.00. The topological polar surface area (TPSA) is 173 Å². The molecule has 0 bridgehead atoms. The van der Waals surface area contributed by atoms with E-state index in [1.54, 1.807) is 26.8 Å². The zero-order valence-electron chi connectivity index (χ0n) is 30.0. The maximum Gasteiger partial charge on any atom is 0.410 e. The van der Waals surface area contributed by atoms with E-state index in [-0.39, 0.29) is 37.9 Å². The van der Waals surface area contributed by atoms with E-state index in [1.807, 2.05) is 12.2 Å². The Labute approximate surface area is 304 Å². The summed E-state index contributed by atoms with van der Waals surface area (Å²) in [5, 5.41) is 5.30. The maximum atomic E-state index is 14.3. The molecular weight excluding hydrogens is 697 g/mol. The predicted molar refractivity (Wildman–Crippen MR) is 186 cm³/mol. The number of nitrogens with one attached hydrogen (secondary N) is 3. The van der Waals surface area contributed by atoms with E-state index >= 15 is 0 Å². The van der Waals surface area contributed by atoms with Crippen LogP contribution in [0.1, 0.15) is 89.7 Å². The van der Waals surface area contributed by atoms with E-state index in [2.05, 4.69) is 15.5 Å². The number of carbonyl (C=O) groups is 4. The second-order valence-corrected chi connectivity index (χ2v) is 17.6. The number of fused-ring (bicyclic) bond motifs is 3. The summed E-state index contributed by atoms with van der Waals surface area (Å²) < 4.78 is 50.0. The van der Waals surface area contributed by atoms with Gasteiger partial charge in [0.15, 0.2) is 0 Å². The van der Waals surface area contributed by atoms with Gasteiger partial charge in [-0.15, -0.1) is 0 Å². The van der Waals surface area contributed by atoms with Crippen LogP contribution in [0.3, 0.4) is 0 Å². The molecule has 1 saturated heterocycles. The number of benzene rings is 1. The van der Waals surface area contributed by atoms with Crippen molar-refractivity contribution in [3.63, 3.8) is 0 Å². The third kappa shape index (κ3) is 9.42. The molecule has 2 aliphatic carbocycles. The Hall–Kier alpha value is -3.76. The summed E-state index contributed by atoms with van der Waals surface area (Å²) in [6, 6.07) is 2.40. The van der Waals surface area contributed by atoms with Crippen LogP contribution in [-0.4, -0.2) is 96.5 Å². The lowest BCUT2D eigenvalue weighted by Gasteiger charge is -2.30. The van der Waals surface area contributed by atoms with Crippen molar-refractivity contribution in [2.45, 2.75) is 126 Å². The van der Waals surface area contributed by atoms with E-state index in [1.165, 1.54) is 21.9 Å². The van der Waals surface area contributed by atoms with Gasteiger partial charge in [-0.1, -0.05) is 35.9 Å². The van der Waals surface area contributed by atoms with Crippen LogP contribution in [-0.2, 0) is 46.9 Å². The zero-order valence-corrected chi connectivity index (χ0v) is 30.8. The van der Waals surface area contributed by atoms with E-state index < -0.39 is 68.6 Å². The summed E-state index contributed by atoms with van der Waals surface area (Å²) in [6.45, 7) is 5.51. The summed E-state index contributed by atoms with van der Waals surface area (Å²) in [5.41, 5.74) is -0.0812. The molecule has 52 heavy (non-hydrogen) atoms. The highest BCUT2D eigenvalue weighted by atomic mass is 32.2. The number of amides is 4. The average molecular weight is 748 g/mol. The van der Waals surface area contributed by atoms with Crippen molar-refractivity contribution >= 4 is 34.0 Å². The van der Waals surface area contributed by atoms with E-state index in [0.717, 1.165) is 30.4 Å². The van der Waals surface area contributed by atoms with E-state index in [4.69, 9.17) is 14.3 Å². The van der Waals surface area contributed by atoms with Gasteiger partial charge in [0.1, 0.15) is 29.6 Å². The molecule has 1 aromatic carbocycles. The van der Waals surface area contributed by atoms with Crippen LogP contribution in [0.25, 0.3) is 0 Å². The minimum Gasteiger partial charge on any atom is -0.444 e. The minimum absolute atomic E-state index is 0.00383. The third-order valence-electron chi connectivity index (χ3n) is 10.2. The first-order valence-corrected chi connectivity index (χ1v) is 19.8. The SMILES string of the molecule is CC(C)(C)OC(=O)N[C@H]1CCCCC/C=C\[C@@H]2C[C@@]2(CONS(=O)(=O)C2CC2)NC(=O)[C@@H]2C[C@@H](OC(=O)N3CCc4cc(F)ccc4C3)CN2C1=O. The van der Waals surface area contributed by atoms with Crippen molar-refractivity contribution in [2.24, 2.45) is 5.92 Å². The lowest BCUT2D eigenvalue weighted by molar-refractivity contribution is -0.141. The van der Waals surface area contributed by atoms with Crippen LogP contribution in [0.15, 0.2) is 30.4 Å². The normalized spacial score (nSPS) is 29.0. The van der Waals surface area contributed by atoms with Gasteiger partial charge in [0.25, 0.3) is 0 Å². The first-order valence-electron chi connectivity index (χ1n) is 18.3. The summed E-state index contributed by atoms with van der Waals surface area (Å²) >= 11 is 0. The molecule has 0 radical (unpaired) electrons. The highest BCUT2D eigenvalue weighted by Gasteiger charge is 2.56. The van der Waals surface area contributed by atoms with Gasteiger partial charge in [-0.3, -0.25) is 14.4 Å². The van der Waals surface area contributed by atoms with Gasteiger partial charge < -0.3 is 29.9 Å². The molecule has 3 aliphatic heterocycles. The number of allylic oxidation sites excluding steroid dienone is 1. The molecule has 0 unspecified atom stereocenters. The zero-order chi connectivity index (χ0) is 37.3. The fourth-order valence-electron chi connectivity index (χ4n) is 7.17. The molecule has 3 fully saturated rings. The van der Waals surface area contributed by atoms with Gasteiger partial charge in [-0.25, -0.2) is 22.4 Å². The fraction of sp³-hybridized carbons (Fsp3) is 0.667. The molecule has 0 aromatic heterocycles. The number of carbonyl (C=O) groups excluding carboxylic acids is 4. The fourth-order valence-corrected chi connectivity index (χ4v) is 8.29. The molecule has 5 atom stereocenters. The van der Waals surface area contributed by atoms with Crippen molar-refractivity contribution in [3.05, 3.63) is 47.3 Å². The summed E-state index contributed by atoms with van der Waals surface area (Å²) in [5.74, 6) is -1.46. The molecule has 16 heteroatoms. The van der Waals surface area contributed by atoms with Crippen LogP contribution in [0, 0.1) is 11.7 Å². The molecule has 5 aliphatic rings. The van der Waals surface area contributed by atoms with Crippen LogP contribution in [0.2, 0.25) is 0 Å². The molecule has 0 spiro atoms. The second kappa shape index (κ2) is 15.3. The van der Waals surface area contributed by atoms with Crippen molar-refractivity contribution in [2.75, 3.05) is 19.7 Å². The third-order valence-corrected chi connectivity index (χ3v) is 11.9. The highest BCUT2D eigenvalue weighted by Crippen LogP contribution is 2.45. The van der Waals surface area contributed by atoms with Crippen molar-refractivity contribution in [3.8, 4) is 0 Å². The minimum atomic E-state index is -3.63. The van der Waals surface area contributed by atoms with Crippen molar-refractivity contribution in [1.29, 1.82) is 0 Å². The van der Waals surface area contributed by atoms with Gasteiger partial charge in [0.05, 0.1) is 23.9 Å². The predicted octanol–water partition coefficient (Wildman–Crippen LogP) is 3.59. The summed E-state index contributed by atoms with van der Waals surface area (Å²) in [6.07, 6.45) is 7.29. The Kier molecular flexibility index (Phi) is 11.2. The molecule has 2 saturated carbocycles. The first-order chi connectivity index (χ1) is 24.6. The first kappa shape index (κ1) is 38.0. The number of hydrogen-bond acceptors (Lipinski definition) is 9. The summed E-state index contributed by atoms with van der Waals surface area (Å²) in [4.78, 5) is 65.4. The quantitative estimate of drug-likeness (QED) is 0.279. The second-order valence-electron chi connectivity index (χ2n) is 15.7. The van der Waals surface area contributed by atoms with Gasteiger partial charge in [0, 0.05) is 25.4 Å². The van der Waals surface area contributed by atoms with Gasteiger partial charge in [0.2, 0.25) is 21.8 Å². The number of rotatable bonds is 7. The van der Waals surface area contributed by atoms with Crippen LogP contribution >= 0.6 is 0 Å². The Morgan fingerprint density at radius 2 is 1.88 bits per heavy atom. The Morgan fingerprint density at radius 3 is 2.63 bits per heavy atom. The smallest absolute Gasteiger partial charge is 0.410 e. The van der Waals surface area contributed by atoms with E-state index in [9.17, 15) is 32.0 Å². The molecule has 4 amide bonds. The van der Waals surface area contributed by atoms with Gasteiger partial charge >= 0.3 is 12.2 Å². The van der Waals surface area contributed by atoms with Gasteiger partial charge in [-0.05, 0) is 89.0 Å². The Balaban J connectivity index is 1.21. The Morgan fingerprint density at radius 1 is 1.10 bits per heavy atom. The molecule has 6 rings (SSSR count). The lowest BCUT2D eigenvalue weighted by Crippen LogP contribution is -2.56. The maximum absolute atomic E-state index is 14.3. The Bertz CT molecular complexity index is 1680. The standard InChI is InChI=1S/C36H50FN5O9S/c1-35(2,3)51-33(45)38-29-10-8-6-4-5-7-9-25-19-36(25,22-49-40-52(47,48)28-13-14-28)39-31(43)30-18-27(21-42(30)32(29)44)50-34(46)41-16-15-23-17-26(37)12-11-24(23)20-41/h7,9,11-12,17,25,27-30,40H,4-6,8,10,13-16,18-22H2,1-3H3,(H,38,45)(H,39,43)/b9-7-/t25-,27-,29+,30+,36+/m1/s1. The van der Waals surface area contributed by atoms with Crippen LogP contribution in [0.5, 0.6) is 0 Å². The van der Waals surface area contributed by atoms with Crippen LogP contribution < -0.4 is 15.5 Å². The number of halogens is 1.